The first kappa shape index (κ1) is 23.2. The molecular weight excluding hydrogens is 380 g/mol. The van der Waals surface area contributed by atoms with Gasteiger partial charge in [0.05, 0.1) is 12.2 Å². The van der Waals surface area contributed by atoms with E-state index in [1.165, 1.54) is 6.92 Å². The third kappa shape index (κ3) is 5.29. The number of hydrogen-bond acceptors (Lipinski definition) is 5. The maximum absolute atomic E-state index is 13.1. The fourth-order valence-corrected chi connectivity index (χ4v) is 3.31. The van der Waals surface area contributed by atoms with E-state index in [9.17, 15) is 20.0 Å². The summed E-state index contributed by atoms with van der Waals surface area (Å²) in [6.07, 6.45) is 5.63. The predicted octanol–water partition coefficient (Wildman–Crippen LogP) is 4.72. The second kappa shape index (κ2) is 11.2. The van der Waals surface area contributed by atoms with Crippen LogP contribution in [0.15, 0.2) is 29.1 Å². The van der Waals surface area contributed by atoms with Gasteiger partial charge in [-0.3, -0.25) is 14.2 Å². The van der Waals surface area contributed by atoms with Gasteiger partial charge in [0.15, 0.2) is 5.78 Å². The monoisotopic (exact) mass is 410 g/mol. The van der Waals surface area contributed by atoms with Crippen LogP contribution in [0, 0.1) is 18.3 Å². The van der Waals surface area contributed by atoms with E-state index in [2.05, 4.69) is 13.8 Å². The van der Waals surface area contributed by atoms with Gasteiger partial charge in [-0.25, -0.2) is 0 Å². The van der Waals surface area contributed by atoms with E-state index in [0.29, 0.717) is 24.3 Å². The zero-order valence-electron chi connectivity index (χ0n) is 18.0. The third-order valence-corrected chi connectivity index (χ3v) is 5.15. The van der Waals surface area contributed by atoms with E-state index >= 15 is 0 Å². The van der Waals surface area contributed by atoms with Crippen molar-refractivity contribution in [2.45, 2.75) is 65.8 Å². The number of pyridine rings is 1. The number of nitrogens with zero attached hydrogens (tertiary/aromatic N) is 2. The number of rotatable bonds is 11. The molecule has 1 heterocycles. The zero-order valence-corrected chi connectivity index (χ0v) is 18.0. The van der Waals surface area contributed by atoms with Crippen molar-refractivity contribution in [1.29, 1.82) is 5.26 Å². The Bertz CT molecular complexity index is 969. The Morgan fingerprint density at radius 2 is 1.77 bits per heavy atom. The zero-order chi connectivity index (χ0) is 22.1. The number of ether oxygens (including phenoxy) is 1. The summed E-state index contributed by atoms with van der Waals surface area (Å²) in [5, 5.41) is 20.2. The van der Waals surface area contributed by atoms with Gasteiger partial charge in [-0.15, -0.1) is 0 Å². The minimum Gasteiger partial charge on any atom is -0.494 e. The largest absolute Gasteiger partial charge is 0.494 e. The minimum atomic E-state index is -0.555. The molecule has 0 saturated heterocycles. The van der Waals surface area contributed by atoms with Crippen LogP contribution in [0.1, 0.15) is 79.4 Å². The van der Waals surface area contributed by atoms with Crippen LogP contribution in [-0.2, 0) is 6.54 Å². The molecule has 0 fully saturated rings. The number of unbranched alkanes of at least 4 members (excludes halogenated alkanes) is 4. The van der Waals surface area contributed by atoms with Gasteiger partial charge in [-0.05, 0) is 49.6 Å². The molecule has 1 N–H and O–H groups in total. The minimum absolute atomic E-state index is 0.00120. The highest BCUT2D eigenvalue weighted by atomic mass is 16.5. The molecule has 1 aromatic carbocycles. The van der Waals surface area contributed by atoms with Crippen LogP contribution in [0.3, 0.4) is 0 Å². The molecule has 1 aromatic heterocycles. The quantitative estimate of drug-likeness (QED) is 0.427. The van der Waals surface area contributed by atoms with Gasteiger partial charge in [0, 0.05) is 12.1 Å². The van der Waals surface area contributed by atoms with Crippen LogP contribution < -0.4 is 10.3 Å². The van der Waals surface area contributed by atoms with Crippen molar-refractivity contribution in [1.82, 2.24) is 4.57 Å². The third-order valence-electron chi connectivity index (χ3n) is 5.15. The molecule has 6 nitrogen and oxygen atoms in total. The lowest BCUT2D eigenvalue weighted by Gasteiger charge is -2.15. The molecule has 30 heavy (non-hydrogen) atoms. The molecule has 160 valence electrons. The Balaban J connectivity index is 2.38. The van der Waals surface area contributed by atoms with Crippen LogP contribution in [0.2, 0.25) is 0 Å². The topological polar surface area (TPSA) is 92.3 Å². The smallest absolute Gasteiger partial charge is 0.271 e. The molecule has 0 aliphatic rings. The van der Waals surface area contributed by atoms with Gasteiger partial charge in [0.25, 0.3) is 5.56 Å². The molecule has 0 radical (unpaired) electrons. The highest BCUT2D eigenvalue weighted by molar-refractivity contribution is 6.11. The number of carbonyl (C=O) groups is 1. The Labute approximate surface area is 177 Å². The summed E-state index contributed by atoms with van der Waals surface area (Å²) in [6, 6.07) is 8.58. The average Bonchev–Trinajstić information content (AvgIpc) is 2.74. The molecule has 6 heteroatoms. The normalized spacial score (nSPS) is 10.6. The van der Waals surface area contributed by atoms with Crippen molar-refractivity contribution < 1.29 is 14.6 Å². The maximum atomic E-state index is 13.1. The van der Waals surface area contributed by atoms with Gasteiger partial charge in [0.1, 0.15) is 17.4 Å². The molecule has 0 saturated carbocycles. The lowest BCUT2D eigenvalue weighted by atomic mass is 9.97. The highest BCUT2D eigenvalue weighted by Gasteiger charge is 2.24. The van der Waals surface area contributed by atoms with Crippen LogP contribution >= 0.6 is 0 Å². The molecule has 0 unspecified atom stereocenters. The second-order valence-electron chi connectivity index (χ2n) is 7.38. The van der Waals surface area contributed by atoms with Gasteiger partial charge < -0.3 is 9.84 Å². The number of hydrogen-bond donors (Lipinski definition) is 1. The van der Waals surface area contributed by atoms with Crippen molar-refractivity contribution in [2.24, 2.45) is 0 Å². The van der Waals surface area contributed by atoms with Crippen molar-refractivity contribution in [3.05, 3.63) is 56.9 Å². The molecule has 0 bridgehead atoms. The number of aromatic hydroxyl groups is 1. The SMILES string of the molecule is CCCCCCn1c(O)c(C(=O)c2ccc(OCCCC)cc2)c(C)c(C#N)c1=O. The molecule has 2 aromatic rings. The van der Waals surface area contributed by atoms with Crippen LogP contribution in [0.5, 0.6) is 11.6 Å². The average molecular weight is 411 g/mol. The molecule has 0 aliphatic heterocycles. The summed E-state index contributed by atoms with van der Waals surface area (Å²) in [7, 11) is 0. The number of aromatic nitrogens is 1. The molecular formula is C24H30N2O4. The number of nitriles is 1. The number of ketones is 1. The summed E-state index contributed by atoms with van der Waals surface area (Å²) in [5.41, 5.74) is -0.0953. The van der Waals surface area contributed by atoms with Gasteiger partial charge in [0.2, 0.25) is 5.88 Å². The maximum Gasteiger partial charge on any atom is 0.271 e. The van der Waals surface area contributed by atoms with Gasteiger partial charge in [-0.1, -0.05) is 39.5 Å². The second-order valence-corrected chi connectivity index (χ2v) is 7.38. The highest BCUT2D eigenvalue weighted by Crippen LogP contribution is 2.26. The van der Waals surface area contributed by atoms with E-state index in [0.717, 1.165) is 36.7 Å². The Morgan fingerprint density at radius 1 is 1.10 bits per heavy atom. The van der Waals surface area contributed by atoms with Crippen LogP contribution in [0.25, 0.3) is 0 Å². The van der Waals surface area contributed by atoms with Crippen molar-refractivity contribution in [3.8, 4) is 17.7 Å². The Hall–Kier alpha value is -3.07. The van der Waals surface area contributed by atoms with E-state index in [1.807, 2.05) is 6.07 Å². The van der Waals surface area contributed by atoms with E-state index in [-0.39, 0.29) is 29.1 Å². The fourth-order valence-electron chi connectivity index (χ4n) is 3.31. The lowest BCUT2D eigenvalue weighted by molar-refractivity contribution is 0.103. The van der Waals surface area contributed by atoms with Gasteiger partial charge in [-0.2, -0.15) is 5.26 Å². The summed E-state index contributed by atoms with van der Waals surface area (Å²) in [5.74, 6) is -0.135. The standard InChI is InChI=1S/C24H30N2O4/c1-4-6-8-9-14-26-23(28)20(16-25)17(3)21(24(26)29)22(27)18-10-12-19(13-11-18)30-15-7-5-2/h10-13,29H,4-9,14-15H2,1-3H3. The van der Waals surface area contributed by atoms with Crippen molar-refractivity contribution in [2.75, 3.05) is 6.61 Å². The Morgan fingerprint density at radius 3 is 2.37 bits per heavy atom. The first-order valence-electron chi connectivity index (χ1n) is 10.6. The van der Waals surface area contributed by atoms with Crippen LogP contribution in [0.4, 0.5) is 0 Å². The molecule has 0 atom stereocenters. The van der Waals surface area contributed by atoms with Gasteiger partial charge >= 0.3 is 0 Å². The summed E-state index contributed by atoms with van der Waals surface area (Å²) < 4.78 is 6.77. The summed E-state index contributed by atoms with van der Waals surface area (Å²) >= 11 is 0. The molecule has 0 amide bonds. The molecule has 2 rings (SSSR count). The van der Waals surface area contributed by atoms with Crippen molar-refractivity contribution >= 4 is 5.78 Å². The number of carbonyl (C=O) groups excluding carboxylic acids is 1. The first-order valence-corrected chi connectivity index (χ1v) is 10.6. The number of benzene rings is 1. The summed E-state index contributed by atoms with van der Waals surface area (Å²) in [6.45, 7) is 6.57. The van der Waals surface area contributed by atoms with Crippen LogP contribution in [-0.4, -0.2) is 22.1 Å². The Kier molecular flexibility index (Phi) is 8.67. The summed E-state index contributed by atoms with van der Waals surface area (Å²) in [4.78, 5) is 25.8. The van der Waals surface area contributed by atoms with E-state index in [1.54, 1.807) is 24.3 Å². The van der Waals surface area contributed by atoms with E-state index < -0.39 is 11.3 Å². The van der Waals surface area contributed by atoms with E-state index in [4.69, 9.17) is 4.74 Å². The first-order chi connectivity index (χ1) is 14.5. The predicted molar refractivity (Wildman–Crippen MR) is 116 cm³/mol. The molecule has 0 aliphatic carbocycles. The lowest BCUT2D eigenvalue weighted by Crippen LogP contribution is -2.27. The molecule has 0 spiro atoms. The fraction of sp³-hybridized carbons (Fsp3) is 0.458. The van der Waals surface area contributed by atoms with Crippen molar-refractivity contribution in [3.63, 3.8) is 0 Å².